The number of allylic oxidation sites excluding steroid dienone is 4. The van der Waals surface area contributed by atoms with Crippen LogP contribution in [0.1, 0.15) is 0 Å². The van der Waals surface area contributed by atoms with Gasteiger partial charge < -0.3 is 0 Å². The predicted molar refractivity (Wildman–Crippen MR) is 104 cm³/mol. The molecule has 1 aromatic carbocycles. The summed E-state index contributed by atoms with van der Waals surface area (Å²) in [6.07, 6.45) is 6.45. The van der Waals surface area contributed by atoms with Crippen molar-refractivity contribution in [1.29, 1.82) is 0 Å². The van der Waals surface area contributed by atoms with Gasteiger partial charge in [0.15, 0.2) is 0 Å². The van der Waals surface area contributed by atoms with Gasteiger partial charge in [-0.1, -0.05) is 41.9 Å². The number of benzene rings is 1. The highest BCUT2D eigenvalue weighted by molar-refractivity contribution is 6.29. The Labute approximate surface area is 154 Å². The van der Waals surface area contributed by atoms with Crippen LogP contribution in [0.2, 0.25) is 5.15 Å². The van der Waals surface area contributed by atoms with Gasteiger partial charge in [0.25, 0.3) is 5.56 Å². The first-order valence-electron chi connectivity index (χ1n) is 7.39. The molecule has 3 aromatic rings. The Morgan fingerprint density at radius 3 is 2.68 bits per heavy atom. The number of aromatic nitrogens is 3. The third-order valence-electron chi connectivity index (χ3n) is 3.57. The molecule has 0 spiro atoms. The smallest absolute Gasteiger partial charge is 0.266 e. The van der Waals surface area contributed by atoms with Crippen molar-refractivity contribution in [2.45, 2.75) is 0 Å². The number of pyridine rings is 1. The van der Waals surface area contributed by atoms with E-state index >= 15 is 0 Å². The van der Waals surface area contributed by atoms with Crippen molar-refractivity contribution in [3.63, 3.8) is 0 Å². The maximum Gasteiger partial charge on any atom is 0.266 e. The molecule has 25 heavy (non-hydrogen) atoms. The lowest BCUT2D eigenvalue weighted by Gasteiger charge is -2.14. The monoisotopic (exact) mass is 369 g/mol. The fraction of sp³-hybridized carbons (Fsp3) is 0. The number of rotatable bonds is 4. The molecule has 0 amide bonds. The van der Waals surface area contributed by atoms with Gasteiger partial charge in [0.05, 0.1) is 16.6 Å². The molecule has 0 N–H and O–H groups in total. The van der Waals surface area contributed by atoms with Gasteiger partial charge in [-0.15, -0.1) is 0 Å². The van der Waals surface area contributed by atoms with Crippen LogP contribution in [0.25, 0.3) is 28.0 Å². The van der Waals surface area contributed by atoms with E-state index in [2.05, 4.69) is 16.5 Å². The zero-order valence-corrected chi connectivity index (χ0v) is 14.6. The third-order valence-corrected chi connectivity index (χ3v) is 3.94. The van der Waals surface area contributed by atoms with Gasteiger partial charge in [0.1, 0.15) is 11.0 Å². The van der Waals surface area contributed by atoms with Crippen LogP contribution in [0.4, 0.5) is 0 Å². The van der Waals surface area contributed by atoms with Gasteiger partial charge in [0.2, 0.25) is 0 Å². The van der Waals surface area contributed by atoms with E-state index in [0.29, 0.717) is 33.1 Å². The molecule has 0 aliphatic heterocycles. The molecule has 0 fully saturated rings. The van der Waals surface area contributed by atoms with Crippen molar-refractivity contribution in [3.05, 3.63) is 88.4 Å². The van der Waals surface area contributed by atoms with E-state index in [1.165, 1.54) is 10.1 Å². The molecular weight excluding hydrogens is 357 g/mol. The first-order chi connectivity index (χ1) is 12.2. The fourth-order valence-corrected chi connectivity index (χ4v) is 2.63. The summed E-state index contributed by atoms with van der Waals surface area (Å²) in [5.41, 5.74) is 2.96. The van der Waals surface area contributed by atoms with E-state index in [-0.39, 0.29) is 5.56 Å². The lowest BCUT2D eigenvalue weighted by Crippen LogP contribution is -2.22. The molecule has 0 aliphatic rings. The summed E-state index contributed by atoms with van der Waals surface area (Å²) in [6, 6.07) is 10.6. The highest BCUT2D eigenvalue weighted by atomic mass is 35.5. The number of nitrogens with zero attached hydrogens (tertiary/aromatic N) is 3. The molecule has 0 unspecified atom stereocenters. The molecule has 0 saturated carbocycles. The van der Waals surface area contributed by atoms with Crippen molar-refractivity contribution in [3.8, 4) is 11.4 Å². The van der Waals surface area contributed by atoms with Crippen molar-refractivity contribution in [2.75, 3.05) is 0 Å². The Morgan fingerprint density at radius 2 is 2.00 bits per heavy atom. The minimum Gasteiger partial charge on any atom is -0.268 e. The van der Waals surface area contributed by atoms with E-state index in [9.17, 15) is 4.79 Å². The van der Waals surface area contributed by atoms with Crippen LogP contribution in [0, 0.1) is 0 Å². The summed E-state index contributed by atoms with van der Waals surface area (Å²) < 4.78 is 1.48. The number of hydrogen-bond donors (Lipinski definition) is 0. The molecule has 2 heterocycles. The Bertz CT molecular complexity index is 1050. The highest BCUT2D eigenvalue weighted by Crippen LogP contribution is 2.22. The summed E-state index contributed by atoms with van der Waals surface area (Å²) in [7, 11) is 0. The summed E-state index contributed by atoms with van der Waals surface area (Å²) >= 11 is 11.5. The normalized spacial score (nSPS) is 12.0. The molecular formula is C19H13Cl2N3O. The largest absolute Gasteiger partial charge is 0.268 e. The zero-order chi connectivity index (χ0) is 17.8. The molecule has 124 valence electrons. The van der Waals surface area contributed by atoms with E-state index < -0.39 is 0 Å². The highest BCUT2D eigenvalue weighted by Gasteiger charge is 2.14. The van der Waals surface area contributed by atoms with Gasteiger partial charge >= 0.3 is 0 Å². The molecule has 2 aromatic heterocycles. The van der Waals surface area contributed by atoms with Crippen molar-refractivity contribution < 1.29 is 0 Å². The lowest BCUT2D eigenvalue weighted by molar-refractivity contribution is 1.01. The third kappa shape index (κ3) is 3.40. The second-order valence-corrected chi connectivity index (χ2v) is 5.72. The molecule has 6 heteroatoms. The fourth-order valence-electron chi connectivity index (χ4n) is 2.44. The minimum atomic E-state index is -0.204. The van der Waals surface area contributed by atoms with Crippen LogP contribution in [0.5, 0.6) is 0 Å². The van der Waals surface area contributed by atoms with Crippen LogP contribution < -0.4 is 5.56 Å². The molecule has 0 radical (unpaired) electrons. The second-order valence-electron chi connectivity index (χ2n) is 5.08. The summed E-state index contributed by atoms with van der Waals surface area (Å²) in [4.78, 5) is 21.8. The number of fused-ring (bicyclic) bond motifs is 1. The van der Waals surface area contributed by atoms with Gasteiger partial charge in [-0.3, -0.25) is 9.36 Å². The average molecular weight is 370 g/mol. The Kier molecular flexibility index (Phi) is 5.12. The summed E-state index contributed by atoms with van der Waals surface area (Å²) in [6.45, 7) is 3.79. The first-order valence-corrected chi connectivity index (χ1v) is 8.20. The summed E-state index contributed by atoms with van der Waals surface area (Å²) in [5.74, 6) is 0.446. The molecule has 0 bridgehead atoms. The second kappa shape index (κ2) is 7.47. The molecule has 3 rings (SSSR count). The van der Waals surface area contributed by atoms with Crippen molar-refractivity contribution in [2.24, 2.45) is 0 Å². The quantitative estimate of drug-likeness (QED) is 0.485. The number of halogens is 2. The van der Waals surface area contributed by atoms with Gasteiger partial charge in [0, 0.05) is 17.3 Å². The maximum atomic E-state index is 13.1. The Morgan fingerprint density at radius 1 is 1.20 bits per heavy atom. The number of para-hydroxylation sites is 1. The predicted octanol–water partition coefficient (Wildman–Crippen LogP) is 4.89. The van der Waals surface area contributed by atoms with Crippen LogP contribution in [0.3, 0.4) is 0 Å². The van der Waals surface area contributed by atoms with E-state index in [0.717, 1.165) is 0 Å². The zero-order valence-electron chi connectivity index (χ0n) is 13.1. The van der Waals surface area contributed by atoms with Crippen LogP contribution in [0.15, 0.2) is 77.7 Å². The minimum absolute atomic E-state index is 0.204. The van der Waals surface area contributed by atoms with E-state index in [4.69, 9.17) is 23.2 Å². The molecule has 4 nitrogen and oxygen atoms in total. The van der Waals surface area contributed by atoms with Gasteiger partial charge in [-0.2, -0.15) is 0 Å². The van der Waals surface area contributed by atoms with E-state index in [1.807, 2.05) is 6.07 Å². The van der Waals surface area contributed by atoms with E-state index in [1.54, 1.807) is 54.8 Å². The standard InChI is InChI=1S/C19H13Cl2N3O/c1-2-14(6-5-11-20)24-18(13-9-10-17(21)22-12-13)23-16-8-4-3-7-15(16)19(24)25/h2-12H,1H2. The van der Waals surface area contributed by atoms with Crippen LogP contribution in [-0.2, 0) is 0 Å². The SMILES string of the molecule is C=CC(=CC=CCl)n1c(-c2ccc(Cl)nc2)nc2ccccc2c1=O. The van der Waals surface area contributed by atoms with Gasteiger partial charge in [-0.25, -0.2) is 9.97 Å². The molecule has 0 aliphatic carbocycles. The van der Waals surface area contributed by atoms with Crippen LogP contribution in [-0.4, -0.2) is 14.5 Å². The summed E-state index contributed by atoms with van der Waals surface area (Å²) in [5, 5.41) is 0.874. The molecule has 0 atom stereocenters. The lowest BCUT2D eigenvalue weighted by atomic mass is 10.2. The average Bonchev–Trinajstić information content (AvgIpc) is 2.64. The maximum absolute atomic E-state index is 13.1. The van der Waals surface area contributed by atoms with Crippen molar-refractivity contribution >= 4 is 39.8 Å². The molecule has 0 saturated heterocycles. The topological polar surface area (TPSA) is 47.8 Å². The van der Waals surface area contributed by atoms with Gasteiger partial charge in [-0.05, 0) is 42.5 Å². The van der Waals surface area contributed by atoms with Crippen molar-refractivity contribution in [1.82, 2.24) is 14.5 Å². The Hall–Kier alpha value is -2.69. The van der Waals surface area contributed by atoms with Crippen LogP contribution >= 0.6 is 23.2 Å². The number of hydrogen-bond acceptors (Lipinski definition) is 3. The first kappa shape index (κ1) is 17.1. The Balaban J connectivity index is 2.41.